The number of hydrogen-bond acceptors (Lipinski definition) is 1. The lowest BCUT2D eigenvalue weighted by molar-refractivity contribution is 0.550. The Bertz CT molecular complexity index is 373. The van der Waals surface area contributed by atoms with Gasteiger partial charge in [0.05, 0.1) is 0 Å². The van der Waals surface area contributed by atoms with E-state index in [-0.39, 0.29) is 0 Å². The highest BCUT2D eigenvalue weighted by Crippen LogP contribution is 2.04. The molecule has 19 heavy (non-hydrogen) atoms. The second-order valence-electron chi connectivity index (χ2n) is 5.21. The van der Waals surface area contributed by atoms with E-state index >= 15 is 0 Å². The predicted molar refractivity (Wildman–Crippen MR) is 87.4 cm³/mol. The molecule has 1 unspecified atom stereocenters. The van der Waals surface area contributed by atoms with Gasteiger partial charge in [0.2, 0.25) is 0 Å². The van der Waals surface area contributed by atoms with Crippen LogP contribution >= 0.6 is 12.2 Å². The molecule has 3 heteroatoms. The molecule has 0 saturated carbocycles. The third-order valence-corrected chi connectivity index (χ3v) is 3.45. The zero-order chi connectivity index (χ0) is 14.1. The third-order valence-electron chi connectivity index (χ3n) is 3.19. The van der Waals surface area contributed by atoms with Crippen LogP contribution in [0.3, 0.4) is 0 Å². The molecule has 0 bridgehead atoms. The summed E-state index contributed by atoms with van der Waals surface area (Å²) < 4.78 is 0. The Balaban J connectivity index is 2.22. The van der Waals surface area contributed by atoms with Gasteiger partial charge in [0.15, 0.2) is 5.11 Å². The van der Waals surface area contributed by atoms with Crippen molar-refractivity contribution >= 4 is 17.3 Å². The van der Waals surface area contributed by atoms with Gasteiger partial charge in [-0.05, 0) is 38.0 Å². The van der Waals surface area contributed by atoms with E-state index in [9.17, 15) is 0 Å². The van der Waals surface area contributed by atoms with Gasteiger partial charge in [-0.25, -0.2) is 0 Å². The Morgan fingerprint density at radius 1 is 1.21 bits per heavy atom. The first-order valence-electron chi connectivity index (χ1n) is 7.21. The van der Waals surface area contributed by atoms with Gasteiger partial charge in [-0.1, -0.05) is 56.0 Å². The van der Waals surface area contributed by atoms with Crippen molar-refractivity contribution in [3.63, 3.8) is 0 Å². The van der Waals surface area contributed by atoms with E-state index in [0.717, 1.165) is 11.7 Å². The normalized spacial score (nSPS) is 11.9. The Hall–Kier alpha value is -1.09. The standard InChI is InChI=1S/C16H26N2S/c1-4-5-6-7-14(3)18-16(19)17-12-15-10-8-13(2)9-11-15/h8-11,14H,4-7,12H2,1-3H3,(H2,17,18,19). The second-order valence-corrected chi connectivity index (χ2v) is 5.62. The molecule has 0 amide bonds. The summed E-state index contributed by atoms with van der Waals surface area (Å²) in [5.74, 6) is 0. The minimum Gasteiger partial charge on any atom is -0.360 e. The molecule has 0 aliphatic rings. The zero-order valence-electron chi connectivity index (χ0n) is 12.3. The summed E-state index contributed by atoms with van der Waals surface area (Å²) in [6.45, 7) is 7.30. The van der Waals surface area contributed by atoms with Crippen LogP contribution in [0.15, 0.2) is 24.3 Å². The fourth-order valence-electron chi connectivity index (χ4n) is 1.94. The average Bonchev–Trinajstić information content (AvgIpc) is 2.38. The van der Waals surface area contributed by atoms with Crippen LogP contribution in [-0.4, -0.2) is 11.2 Å². The molecule has 1 atom stereocenters. The summed E-state index contributed by atoms with van der Waals surface area (Å²) in [6, 6.07) is 8.97. The highest BCUT2D eigenvalue weighted by molar-refractivity contribution is 7.80. The molecule has 0 aromatic heterocycles. The summed E-state index contributed by atoms with van der Waals surface area (Å²) in [5.41, 5.74) is 2.54. The Kier molecular flexibility index (Phi) is 7.49. The van der Waals surface area contributed by atoms with Crippen LogP contribution in [0.4, 0.5) is 0 Å². The summed E-state index contributed by atoms with van der Waals surface area (Å²) in [4.78, 5) is 0. The lowest BCUT2D eigenvalue weighted by Gasteiger charge is -2.17. The molecule has 0 saturated heterocycles. The lowest BCUT2D eigenvalue weighted by Crippen LogP contribution is -2.40. The van der Waals surface area contributed by atoms with Gasteiger partial charge in [-0.3, -0.25) is 0 Å². The monoisotopic (exact) mass is 278 g/mol. The zero-order valence-corrected chi connectivity index (χ0v) is 13.1. The number of unbranched alkanes of at least 4 members (excludes halogenated alkanes) is 2. The highest BCUT2D eigenvalue weighted by Gasteiger charge is 2.03. The molecule has 0 aliphatic heterocycles. The average molecular weight is 278 g/mol. The van der Waals surface area contributed by atoms with Crippen molar-refractivity contribution in [1.82, 2.24) is 10.6 Å². The Morgan fingerprint density at radius 3 is 2.53 bits per heavy atom. The summed E-state index contributed by atoms with van der Waals surface area (Å²) >= 11 is 5.31. The highest BCUT2D eigenvalue weighted by atomic mass is 32.1. The maximum absolute atomic E-state index is 5.31. The topological polar surface area (TPSA) is 24.1 Å². The quantitative estimate of drug-likeness (QED) is 0.584. The molecule has 0 radical (unpaired) electrons. The largest absolute Gasteiger partial charge is 0.360 e. The number of nitrogens with one attached hydrogen (secondary N) is 2. The van der Waals surface area contributed by atoms with Gasteiger partial charge in [-0.2, -0.15) is 0 Å². The maximum atomic E-state index is 5.31. The molecule has 0 spiro atoms. The lowest BCUT2D eigenvalue weighted by atomic mass is 10.1. The molecule has 1 aromatic carbocycles. The number of rotatable bonds is 7. The van der Waals surface area contributed by atoms with E-state index in [2.05, 4.69) is 55.7 Å². The summed E-state index contributed by atoms with van der Waals surface area (Å²) in [6.07, 6.45) is 5.02. The van der Waals surface area contributed by atoms with Crippen molar-refractivity contribution in [3.05, 3.63) is 35.4 Å². The smallest absolute Gasteiger partial charge is 0.166 e. The van der Waals surface area contributed by atoms with Crippen LogP contribution in [0.25, 0.3) is 0 Å². The van der Waals surface area contributed by atoms with Gasteiger partial charge < -0.3 is 10.6 Å². The van der Waals surface area contributed by atoms with Crippen LogP contribution in [0.2, 0.25) is 0 Å². The predicted octanol–water partition coefficient (Wildman–Crippen LogP) is 3.93. The van der Waals surface area contributed by atoms with Gasteiger partial charge in [0.1, 0.15) is 0 Å². The minimum absolute atomic E-state index is 0.449. The summed E-state index contributed by atoms with van der Waals surface area (Å²) in [5, 5.41) is 7.36. The van der Waals surface area contributed by atoms with Crippen LogP contribution in [0.1, 0.15) is 50.7 Å². The minimum atomic E-state index is 0.449. The second kappa shape index (κ2) is 8.92. The van der Waals surface area contributed by atoms with Crippen LogP contribution in [0, 0.1) is 6.92 Å². The van der Waals surface area contributed by atoms with Crippen molar-refractivity contribution in [2.45, 2.75) is 59.0 Å². The van der Waals surface area contributed by atoms with Gasteiger partial charge >= 0.3 is 0 Å². The first-order valence-corrected chi connectivity index (χ1v) is 7.62. The van der Waals surface area contributed by atoms with E-state index in [1.807, 2.05) is 0 Å². The Labute approximate surface area is 123 Å². The van der Waals surface area contributed by atoms with Crippen molar-refractivity contribution in [3.8, 4) is 0 Å². The fraction of sp³-hybridized carbons (Fsp3) is 0.562. The molecule has 2 nitrogen and oxygen atoms in total. The molecule has 1 rings (SSSR count). The van der Waals surface area contributed by atoms with Crippen LogP contribution in [0.5, 0.6) is 0 Å². The molecular weight excluding hydrogens is 252 g/mol. The Morgan fingerprint density at radius 2 is 1.89 bits per heavy atom. The van der Waals surface area contributed by atoms with E-state index in [4.69, 9.17) is 12.2 Å². The third kappa shape index (κ3) is 7.16. The first-order chi connectivity index (χ1) is 9.11. The van der Waals surface area contributed by atoms with Crippen molar-refractivity contribution < 1.29 is 0 Å². The van der Waals surface area contributed by atoms with Gasteiger partial charge in [0.25, 0.3) is 0 Å². The van der Waals surface area contributed by atoms with Crippen molar-refractivity contribution in [2.75, 3.05) is 0 Å². The van der Waals surface area contributed by atoms with Crippen LogP contribution < -0.4 is 10.6 Å². The van der Waals surface area contributed by atoms with Crippen molar-refractivity contribution in [1.29, 1.82) is 0 Å². The van der Waals surface area contributed by atoms with Gasteiger partial charge in [-0.15, -0.1) is 0 Å². The molecule has 0 fully saturated rings. The molecule has 106 valence electrons. The molecule has 0 aliphatic carbocycles. The maximum Gasteiger partial charge on any atom is 0.166 e. The van der Waals surface area contributed by atoms with E-state index in [1.54, 1.807) is 0 Å². The van der Waals surface area contributed by atoms with Gasteiger partial charge in [0, 0.05) is 12.6 Å². The van der Waals surface area contributed by atoms with Crippen LogP contribution in [-0.2, 0) is 6.54 Å². The van der Waals surface area contributed by atoms with Crippen molar-refractivity contribution in [2.24, 2.45) is 0 Å². The van der Waals surface area contributed by atoms with E-state index in [0.29, 0.717) is 6.04 Å². The molecular formula is C16H26N2S. The number of hydrogen-bond donors (Lipinski definition) is 2. The number of thiocarbonyl (C=S) groups is 1. The summed E-state index contributed by atoms with van der Waals surface area (Å²) in [7, 11) is 0. The molecule has 1 aromatic rings. The number of benzene rings is 1. The number of aryl methyl sites for hydroxylation is 1. The molecule has 2 N–H and O–H groups in total. The van der Waals surface area contributed by atoms with E-state index in [1.165, 1.54) is 36.8 Å². The molecule has 0 heterocycles. The SMILES string of the molecule is CCCCCC(C)NC(=S)NCc1ccc(C)cc1. The first kappa shape index (κ1) is 16.0. The van der Waals surface area contributed by atoms with E-state index < -0.39 is 0 Å². The fourth-order valence-corrected chi connectivity index (χ4v) is 2.21.